The maximum atomic E-state index is 13.2. The number of anilines is 2. The fourth-order valence-electron chi connectivity index (χ4n) is 2.32. The Balaban J connectivity index is 1.71. The largest absolute Gasteiger partial charge is 0.325 e. The molecule has 0 atom stereocenters. The normalized spacial score (nSPS) is 14.9. The zero-order valence-corrected chi connectivity index (χ0v) is 13.7. The molecule has 1 aliphatic rings. The maximum absolute atomic E-state index is 13.2. The van der Waals surface area contributed by atoms with Crippen molar-refractivity contribution in [1.29, 1.82) is 0 Å². The highest BCUT2D eigenvalue weighted by Gasteiger charge is 2.56. The minimum absolute atomic E-state index is 0.343. The monoisotopic (exact) mass is 376 g/mol. The summed E-state index contributed by atoms with van der Waals surface area (Å²) in [5, 5.41) is 5.37. The quantitative estimate of drug-likeness (QED) is 0.793. The summed E-state index contributed by atoms with van der Waals surface area (Å²) in [7, 11) is 0. The van der Waals surface area contributed by atoms with Crippen LogP contribution in [0.1, 0.15) is 12.8 Å². The van der Waals surface area contributed by atoms with E-state index >= 15 is 0 Å². The van der Waals surface area contributed by atoms with Crippen LogP contribution in [0, 0.1) is 11.2 Å². The lowest BCUT2D eigenvalue weighted by Gasteiger charge is -2.15. The van der Waals surface area contributed by atoms with Crippen LogP contribution in [-0.2, 0) is 9.59 Å². The number of carbonyl (C=O) groups excluding carboxylic acids is 2. The van der Waals surface area contributed by atoms with Crippen LogP contribution >= 0.6 is 15.9 Å². The first kappa shape index (κ1) is 15.7. The van der Waals surface area contributed by atoms with Gasteiger partial charge in [0.1, 0.15) is 11.2 Å². The number of halogens is 2. The molecule has 0 saturated heterocycles. The molecule has 2 N–H and O–H groups in total. The maximum Gasteiger partial charge on any atom is 0.240 e. The molecule has 0 spiro atoms. The summed E-state index contributed by atoms with van der Waals surface area (Å²) in [6.07, 6.45) is 0.960. The van der Waals surface area contributed by atoms with Gasteiger partial charge in [-0.15, -0.1) is 0 Å². The molecule has 0 radical (unpaired) electrons. The molecule has 2 amide bonds. The fourth-order valence-corrected chi connectivity index (χ4v) is 2.72. The third kappa shape index (κ3) is 3.42. The molecule has 0 aromatic heterocycles. The van der Waals surface area contributed by atoms with Crippen molar-refractivity contribution in [3.05, 3.63) is 58.8 Å². The zero-order chi connectivity index (χ0) is 16.4. The zero-order valence-electron chi connectivity index (χ0n) is 12.1. The molecule has 23 heavy (non-hydrogen) atoms. The SMILES string of the molecule is O=C(Nc1cccc(F)c1)C1(C(=O)Nc2cccc(Br)c2)CC1. The standard InChI is InChI=1S/C17H14BrFN2O2/c18-11-3-1-5-13(9-11)20-15(22)17(7-8-17)16(23)21-14-6-2-4-12(19)10-14/h1-6,9-10H,7-8H2,(H,20,22)(H,21,23). The molecule has 0 unspecified atom stereocenters. The molecule has 4 nitrogen and oxygen atoms in total. The second-order valence-corrected chi connectivity index (χ2v) is 6.43. The number of rotatable bonds is 4. The van der Waals surface area contributed by atoms with Crippen LogP contribution in [0.15, 0.2) is 53.0 Å². The Bertz CT molecular complexity index is 713. The molecule has 0 heterocycles. The number of nitrogens with one attached hydrogen (secondary N) is 2. The molecule has 2 aromatic carbocycles. The second-order valence-electron chi connectivity index (χ2n) is 5.51. The summed E-state index contributed by atoms with van der Waals surface area (Å²) < 4.78 is 14.0. The van der Waals surface area contributed by atoms with Gasteiger partial charge in [0, 0.05) is 15.8 Å². The Morgan fingerprint density at radius 1 is 0.957 bits per heavy atom. The van der Waals surface area contributed by atoms with Crippen LogP contribution in [0.2, 0.25) is 0 Å². The molecule has 0 aliphatic heterocycles. The minimum Gasteiger partial charge on any atom is -0.325 e. The van der Waals surface area contributed by atoms with Crippen molar-refractivity contribution in [3.8, 4) is 0 Å². The fraction of sp³-hybridized carbons (Fsp3) is 0.176. The predicted molar refractivity (Wildman–Crippen MR) is 89.5 cm³/mol. The average molecular weight is 377 g/mol. The van der Waals surface area contributed by atoms with E-state index < -0.39 is 17.1 Å². The molecule has 3 rings (SSSR count). The minimum atomic E-state index is -1.07. The van der Waals surface area contributed by atoms with Crippen molar-refractivity contribution in [2.45, 2.75) is 12.8 Å². The average Bonchev–Trinajstić information content (AvgIpc) is 3.29. The van der Waals surface area contributed by atoms with Crippen LogP contribution in [0.4, 0.5) is 15.8 Å². The lowest BCUT2D eigenvalue weighted by Crippen LogP contribution is -2.35. The number of hydrogen-bond acceptors (Lipinski definition) is 2. The van der Waals surface area contributed by atoms with Crippen molar-refractivity contribution in [2.75, 3.05) is 10.6 Å². The van der Waals surface area contributed by atoms with E-state index in [4.69, 9.17) is 0 Å². The van der Waals surface area contributed by atoms with Crippen LogP contribution in [0.25, 0.3) is 0 Å². The molecule has 1 aliphatic carbocycles. The van der Waals surface area contributed by atoms with E-state index in [9.17, 15) is 14.0 Å². The van der Waals surface area contributed by atoms with Gasteiger partial charge in [0.2, 0.25) is 11.8 Å². The van der Waals surface area contributed by atoms with Gasteiger partial charge in [-0.3, -0.25) is 9.59 Å². The van der Waals surface area contributed by atoms with E-state index in [0.29, 0.717) is 24.2 Å². The van der Waals surface area contributed by atoms with Crippen molar-refractivity contribution >= 4 is 39.1 Å². The number of amides is 2. The van der Waals surface area contributed by atoms with Gasteiger partial charge >= 0.3 is 0 Å². The van der Waals surface area contributed by atoms with Crippen LogP contribution in [0.5, 0.6) is 0 Å². The smallest absolute Gasteiger partial charge is 0.240 e. The van der Waals surface area contributed by atoms with Crippen molar-refractivity contribution in [1.82, 2.24) is 0 Å². The molecule has 2 aromatic rings. The first-order chi connectivity index (χ1) is 11.0. The van der Waals surface area contributed by atoms with Gasteiger partial charge in [0.25, 0.3) is 0 Å². The lowest BCUT2D eigenvalue weighted by atomic mass is 10.0. The molecule has 1 fully saturated rings. The summed E-state index contributed by atoms with van der Waals surface area (Å²) in [6.45, 7) is 0. The Morgan fingerprint density at radius 2 is 1.52 bits per heavy atom. The van der Waals surface area contributed by atoms with Gasteiger partial charge in [-0.05, 0) is 49.2 Å². The van der Waals surface area contributed by atoms with Crippen LogP contribution in [-0.4, -0.2) is 11.8 Å². The molecular formula is C17H14BrFN2O2. The molecule has 118 valence electrons. The first-order valence-corrected chi connectivity index (χ1v) is 7.93. The molecule has 0 bridgehead atoms. The van der Waals surface area contributed by atoms with E-state index in [1.165, 1.54) is 18.2 Å². The summed E-state index contributed by atoms with van der Waals surface area (Å²) >= 11 is 3.33. The van der Waals surface area contributed by atoms with Gasteiger partial charge < -0.3 is 10.6 Å². The van der Waals surface area contributed by atoms with Crippen LogP contribution in [0.3, 0.4) is 0 Å². The highest BCUT2D eigenvalue weighted by atomic mass is 79.9. The van der Waals surface area contributed by atoms with E-state index in [1.807, 2.05) is 6.07 Å². The Hall–Kier alpha value is -2.21. The Labute approximate surface area is 141 Å². The van der Waals surface area contributed by atoms with Crippen molar-refractivity contribution in [3.63, 3.8) is 0 Å². The van der Waals surface area contributed by atoms with E-state index in [1.54, 1.807) is 24.3 Å². The van der Waals surface area contributed by atoms with Gasteiger partial charge in [-0.1, -0.05) is 28.1 Å². The predicted octanol–water partition coefficient (Wildman–Crippen LogP) is 3.95. The third-order valence-electron chi connectivity index (χ3n) is 3.78. The highest BCUT2D eigenvalue weighted by Crippen LogP contribution is 2.47. The Kier molecular flexibility index (Phi) is 4.17. The molecule has 6 heteroatoms. The highest BCUT2D eigenvalue weighted by molar-refractivity contribution is 9.10. The van der Waals surface area contributed by atoms with E-state index in [0.717, 1.165) is 4.47 Å². The second kappa shape index (κ2) is 6.12. The van der Waals surface area contributed by atoms with Gasteiger partial charge in [-0.25, -0.2) is 4.39 Å². The third-order valence-corrected chi connectivity index (χ3v) is 4.28. The van der Waals surface area contributed by atoms with Gasteiger partial charge in [0.05, 0.1) is 0 Å². The van der Waals surface area contributed by atoms with E-state index in [-0.39, 0.29) is 5.91 Å². The molecule has 1 saturated carbocycles. The topological polar surface area (TPSA) is 58.2 Å². The van der Waals surface area contributed by atoms with E-state index in [2.05, 4.69) is 26.6 Å². The van der Waals surface area contributed by atoms with Gasteiger partial charge in [-0.2, -0.15) is 0 Å². The number of benzene rings is 2. The summed E-state index contributed by atoms with van der Waals surface area (Å²) in [6, 6.07) is 12.8. The van der Waals surface area contributed by atoms with Crippen LogP contribution < -0.4 is 10.6 Å². The first-order valence-electron chi connectivity index (χ1n) is 7.14. The summed E-state index contributed by atoms with van der Waals surface area (Å²) in [5.41, 5.74) is -0.111. The number of hydrogen-bond donors (Lipinski definition) is 2. The number of carbonyl (C=O) groups is 2. The lowest BCUT2D eigenvalue weighted by molar-refractivity contribution is -0.131. The summed E-state index contributed by atoms with van der Waals surface area (Å²) in [4.78, 5) is 24.8. The molecular weight excluding hydrogens is 363 g/mol. The summed E-state index contributed by atoms with van der Waals surface area (Å²) in [5.74, 6) is -1.19. The Morgan fingerprint density at radius 3 is 2.04 bits per heavy atom. The van der Waals surface area contributed by atoms with Crippen molar-refractivity contribution < 1.29 is 14.0 Å². The van der Waals surface area contributed by atoms with Crippen molar-refractivity contribution in [2.24, 2.45) is 5.41 Å². The van der Waals surface area contributed by atoms with Gasteiger partial charge in [0.15, 0.2) is 0 Å².